The first-order valence-electron chi connectivity index (χ1n) is 7.17. The lowest BCUT2D eigenvalue weighted by atomic mass is 10.2. The monoisotopic (exact) mass is 336 g/mol. The van der Waals surface area contributed by atoms with Gasteiger partial charge in [-0.2, -0.15) is 0 Å². The molecule has 2 heterocycles. The Morgan fingerprint density at radius 2 is 2.22 bits per heavy atom. The van der Waals surface area contributed by atoms with E-state index in [-0.39, 0.29) is 18.2 Å². The Morgan fingerprint density at radius 3 is 2.91 bits per heavy atom. The first-order chi connectivity index (χ1) is 11.1. The van der Waals surface area contributed by atoms with E-state index in [4.69, 9.17) is 15.0 Å². The third kappa shape index (κ3) is 3.92. The Balaban J connectivity index is 1.50. The number of ether oxygens (including phenoxy) is 1. The molecule has 23 heavy (non-hydrogen) atoms. The molecule has 0 saturated carbocycles. The highest BCUT2D eigenvalue weighted by molar-refractivity contribution is 7.55. The molecule has 2 unspecified atom stereocenters. The van der Waals surface area contributed by atoms with Crippen LogP contribution in [0.3, 0.4) is 0 Å². The second-order valence-electron chi connectivity index (χ2n) is 5.11. The summed E-state index contributed by atoms with van der Waals surface area (Å²) in [6.07, 6.45) is 2.49. The molecule has 0 radical (unpaired) electrons. The van der Waals surface area contributed by atoms with Crippen LogP contribution in [0.5, 0.6) is 0 Å². The van der Waals surface area contributed by atoms with Crippen molar-refractivity contribution in [1.29, 1.82) is 0 Å². The van der Waals surface area contributed by atoms with E-state index in [1.165, 1.54) is 11.0 Å². The van der Waals surface area contributed by atoms with Crippen LogP contribution in [0, 0.1) is 0 Å². The number of nitrogens with two attached hydrogens (primary N) is 1. The summed E-state index contributed by atoms with van der Waals surface area (Å²) >= 11 is 0. The number of nitrogens with zero attached hydrogens (tertiary/aromatic N) is 3. The Hall–Kier alpha value is -1.86. The molecule has 0 aliphatic carbocycles. The Morgan fingerprint density at radius 1 is 1.43 bits per heavy atom. The van der Waals surface area contributed by atoms with Crippen molar-refractivity contribution >= 4 is 19.6 Å². The van der Waals surface area contributed by atoms with Crippen LogP contribution in [0.25, 0.3) is 0 Å². The number of rotatable bonds is 6. The minimum atomic E-state index is -1.64. The van der Waals surface area contributed by atoms with E-state index in [0.29, 0.717) is 6.61 Å². The van der Waals surface area contributed by atoms with Gasteiger partial charge in [0.15, 0.2) is 6.23 Å². The van der Waals surface area contributed by atoms with Crippen LogP contribution in [-0.2, 0) is 9.26 Å². The van der Waals surface area contributed by atoms with E-state index in [1.54, 1.807) is 0 Å². The molecule has 1 saturated heterocycles. The maximum absolute atomic E-state index is 11.0. The predicted octanol–water partition coefficient (Wildman–Crippen LogP) is 0.701. The summed E-state index contributed by atoms with van der Waals surface area (Å²) in [5.74, 6) is -0.702. The van der Waals surface area contributed by atoms with Crippen molar-refractivity contribution in [2.45, 2.75) is 25.2 Å². The highest BCUT2D eigenvalue weighted by Gasteiger charge is 2.28. The second-order valence-corrected chi connectivity index (χ2v) is 6.43. The number of primary amides is 1. The molecule has 3 rings (SSSR count). The van der Waals surface area contributed by atoms with Gasteiger partial charge in [0.25, 0.3) is 5.91 Å². The number of carbonyl (C=O) groups excluding carboxylic acids is 1. The first kappa shape index (κ1) is 16.0. The van der Waals surface area contributed by atoms with Crippen LogP contribution < -0.4 is 11.0 Å². The molecular weight excluding hydrogens is 319 g/mol. The number of hydrogen-bond donors (Lipinski definition) is 2. The maximum Gasteiger partial charge on any atom is 0.288 e. The van der Waals surface area contributed by atoms with Crippen molar-refractivity contribution in [3.05, 3.63) is 42.5 Å². The molecule has 1 aliphatic heterocycles. The standard InChI is InChI=1S/C14H17N4O4P/c15-13(19)14-16-9-18(17-14)12-7-6-10(22-12)8-21-23(20)11-4-2-1-3-5-11/h1-5,9-10,12,20H,6-8H2,(H2,15,19)/t10?,12-,23?/m1/s1. The van der Waals surface area contributed by atoms with E-state index in [9.17, 15) is 9.69 Å². The van der Waals surface area contributed by atoms with Gasteiger partial charge in [-0.3, -0.25) is 4.79 Å². The van der Waals surface area contributed by atoms with E-state index < -0.39 is 14.3 Å². The summed E-state index contributed by atoms with van der Waals surface area (Å²) in [6, 6.07) is 9.24. The first-order valence-corrected chi connectivity index (χ1v) is 8.38. The number of benzene rings is 1. The second kappa shape index (κ2) is 7.14. The fourth-order valence-corrected chi connectivity index (χ4v) is 3.20. The van der Waals surface area contributed by atoms with Crippen LogP contribution in [0.2, 0.25) is 0 Å². The maximum atomic E-state index is 11.0. The fraction of sp³-hybridized carbons (Fsp3) is 0.357. The van der Waals surface area contributed by atoms with E-state index in [1.807, 2.05) is 30.3 Å². The Bertz CT molecular complexity index is 666. The minimum absolute atomic E-state index is 0.0312. The Labute approximate surface area is 134 Å². The highest BCUT2D eigenvalue weighted by atomic mass is 31.2. The van der Waals surface area contributed by atoms with Gasteiger partial charge < -0.3 is 19.9 Å². The lowest BCUT2D eigenvalue weighted by Gasteiger charge is -2.16. The smallest absolute Gasteiger partial charge is 0.288 e. The molecule has 0 bridgehead atoms. The summed E-state index contributed by atoms with van der Waals surface area (Å²) < 4.78 is 12.8. The number of aromatic nitrogens is 3. The van der Waals surface area contributed by atoms with Crippen molar-refractivity contribution in [2.75, 3.05) is 6.61 Å². The molecule has 2 aromatic rings. The zero-order valence-electron chi connectivity index (χ0n) is 12.3. The van der Waals surface area contributed by atoms with Crippen LogP contribution in [0.1, 0.15) is 29.7 Å². The average Bonchev–Trinajstić information content (AvgIpc) is 3.22. The van der Waals surface area contributed by atoms with Crippen molar-refractivity contribution in [2.24, 2.45) is 5.73 Å². The summed E-state index contributed by atoms with van der Waals surface area (Å²) in [4.78, 5) is 24.9. The molecule has 1 aliphatic rings. The van der Waals surface area contributed by atoms with Gasteiger partial charge in [0.05, 0.1) is 12.7 Å². The molecule has 9 heteroatoms. The number of carbonyl (C=O) groups is 1. The summed E-state index contributed by atoms with van der Waals surface area (Å²) in [6.45, 7) is 0.297. The molecule has 3 N–H and O–H groups in total. The van der Waals surface area contributed by atoms with Crippen LogP contribution in [0.4, 0.5) is 0 Å². The predicted molar refractivity (Wildman–Crippen MR) is 82.9 cm³/mol. The van der Waals surface area contributed by atoms with Crippen LogP contribution >= 0.6 is 8.38 Å². The van der Waals surface area contributed by atoms with Gasteiger partial charge >= 0.3 is 0 Å². The van der Waals surface area contributed by atoms with E-state index in [0.717, 1.165) is 18.1 Å². The molecule has 3 atom stereocenters. The van der Waals surface area contributed by atoms with Gasteiger partial charge in [-0.15, -0.1) is 5.10 Å². The van der Waals surface area contributed by atoms with Crippen LogP contribution in [-0.4, -0.2) is 38.3 Å². The molecule has 0 spiro atoms. The minimum Gasteiger partial charge on any atom is -0.363 e. The highest BCUT2D eigenvalue weighted by Crippen LogP contribution is 2.34. The molecule has 122 valence electrons. The zero-order valence-corrected chi connectivity index (χ0v) is 13.2. The van der Waals surface area contributed by atoms with Gasteiger partial charge in [0, 0.05) is 5.30 Å². The molecule has 1 amide bonds. The number of amides is 1. The molecule has 1 aromatic heterocycles. The molecule has 8 nitrogen and oxygen atoms in total. The fourth-order valence-electron chi connectivity index (χ4n) is 2.31. The lowest BCUT2D eigenvalue weighted by Crippen LogP contribution is -2.18. The molecule has 1 aromatic carbocycles. The van der Waals surface area contributed by atoms with Crippen molar-refractivity contribution in [1.82, 2.24) is 14.8 Å². The third-order valence-electron chi connectivity index (χ3n) is 3.47. The topological polar surface area (TPSA) is 112 Å². The van der Waals surface area contributed by atoms with Gasteiger partial charge in [-0.05, 0) is 25.0 Å². The van der Waals surface area contributed by atoms with Gasteiger partial charge in [0.1, 0.15) is 6.33 Å². The summed E-state index contributed by atoms with van der Waals surface area (Å²) in [7, 11) is -1.64. The van der Waals surface area contributed by atoms with E-state index >= 15 is 0 Å². The van der Waals surface area contributed by atoms with Gasteiger partial charge in [-0.25, -0.2) is 9.67 Å². The molecule has 1 fully saturated rings. The largest absolute Gasteiger partial charge is 0.363 e. The lowest BCUT2D eigenvalue weighted by molar-refractivity contribution is -0.0233. The summed E-state index contributed by atoms with van der Waals surface area (Å²) in [5.41, 5.74) is 5.13. The van der Waals surface area contributed by atoms with Crippen LogP contribution in [0.15, 0.2) is 36.7 Å². The normalized spacial score (nSPS) is 22.1. The van der Waals surface area contributed by atoms with Crippen molar-refractivity contribution < 1.29 is 18.9 Å². The zero-order chi connectivity index (χ0) is 16.2. The quantitative estimate of drug-likeness (QED) is 0.751. The van der Waals surface area contributed by atoms with E-state index in [2.05, 4.69) is 10.1 Å². The third-order valence-corrected chi connectivity index (χ3v) is 4.60. The molecular formula is C14H17N4O4P. The van der Waals surface area contributed by atoms with Crippen molar-refractivity contribution in [3.8, 4) is 0 Å². The summed E-state index contributed by atoms with van der Waals surface area (Å²) in [5, 5.41) is 4.75. The van der Waals surface area contributed by atoms with Gasteiger partial charge in [0.2, 0.25) is 14.2 Å². The van der Waals surface area contributed by atoms with Crippen molar-refractivity contribution in [3.63, 3.8) is 0 Å². The van der Waals surface area contributed by atoms with Gasteiger partial charge in [-0.1, -0.05) is 18.2 Å². The SMILES string of the molecule is NC(=O)c1ncn([C@H]2CCC(COP(O)c3ccccc3)O2)n1. The Kier molecular flexibility index (Phi) is 4.97. The number of hydrogen-bond acceptors (Lipinski definition) is 6. The average molecular weight is 336 g/mol.